The van der Waals surface area contributed by atoms with Crippen molar-refractivity contribution in [3.05, 3.63) is 0 Å². The molecule has 6 atom stereocenters. The number of ether oxygens (including phenoxy) is 4. The molecule has 0 radical (unpaired) electrons. The second-order valence-corrected chi connectivity index (χ2v) is 33.5. The molecule has 17 nitrogen and oxygen atoms in total. The fourth-order valence-electron chi connectivity index (χ4n) is 12.9. The van der Waals surface area contributed by atoms with Gasteiger partial charge in [0.05, 0.1) is 26.4 Å². The van der Waals surface area contributed by atoms with E-state index in [4.69, 9.17) is 37.0 Å². The van der Waals surface area contributed by atoms with Gasteiger partial charge < -0.3 is 33.8 Å². The van der Waals surface area contributed by atoms with Crippen LogP contribution in [0.2, 0.25) is 0 Å². The summed E-state index contributed by atoms with van der Waals surface area (Å²) in [6.45, 7) is 9.65. The summed E-state index contributed by atoms with van der Waals surface area (Å²) in [5.74, 6) is -0.541. The quantitative estimate of drug-likeness (QED) is 0.0222. The Balaban J connectivity index is 5.20. The molecule has 102 heavy (non-hydrogen) atoms. The molecule has 0 rings (SSSR count). The SMILES string of the molecule is CCCCCCCCCCCCCCCCCCCCCCCCC(=O)O[C@H](COC(=O)CCCCCCCCCCCCCCCCC(C)CC)COP(=O)(O)OC[C@@H](O)COP(=O)(O)OC[C@@H](COC(=O)CCCCCCCCCCCCC)OC(=O)CCCCCCCCCCC(C)C. The molecule has 606 valence electrons. The maximum absolute atomic E-state index is 13.1. The number of phosphoric ester groups is 2. The van der Waals surface area contributed by atoms with Crippen molar-refractivity contribution in [1.82, 2.24) is 0 Å². The van der Waals surface area contributed by atoms with Crippen LogP contribution in [0.4, 0.5) is 0 Å². The van der Waals surface area contributed by atoms with Gasteiger partial charge in [-0.05, 0) is 37.5 Å². The van der Waals surface area contributed by atoms with Crippen molar-refractivity contribution >= 4 is 39.5 Å². The van der Waals surface area contributed by atoms with Gasteiger partial charge in [-0.25, -0.2) is 9.13 Å². The second kappa shape index (κ2) is 74.5. The van der Waals surface area contributed by atoms with Crippen molar-refractivity contribution in [3.63, 3.8) is 0 Å². The Hall–Kier alpha value is -1.94. The Morgan fingerprint density at radius 1 is 0.284 bits per heavy atom. The van der Waals surface area contributed by atoms with E-state index in [1.807, 2.05) is 0 Å². The molecule has 0 amide bonds. The van der Waals surface area contributed by atoms with Gasteiger partial charge in [0.1, 0.15) is 19.3 Å². The van der Waals surface area contributed by atoms with Crippen molar-refractivity contribution in [2.24, 2.45) is 11.8 Å². The zero-order valence-electron chi connectivity index (χ0n) is 66.9. The van der Waals surface area contributed by atoms with Crippen molar-refractivity contribution in [2.45, 2.75) is 458 Å². The smallest absolute Gasteiger partial charge is 0.462 e. The fourth-order valence-corrected chi connectivity index (χ4v) is 14.4. The molecule has 0 aliphatic rings. The topological polar surface area (TPSA) is 237 Å². The molecule has 0 heterocycles. The summed E-state index contributed by atoms with van der Waals surface area (Å²) in [6.07, 6.45) is 65.3. The molecular formula is C83H162O17P2. The molecule has 3 unspecified atom stereocenters. The average Bonchev–Trinajstić information content (AvgIpc) is 0.982. The van der Waals surface area contributed by atoms with E-state index in [0.717, 1.165) is 102 Å². The lowest BCUT2D eigenvalue weighted by atomic mass is 9.99. The predicted octanol–water partition coefficient (Wildman–Crippen LogP) is 25.1. The van der Waals surface area contributed by atoms with Crippen molar-refractivity contribution < 1.29 is 80.2 Å². The van der Waals surface area contributed by atoms with Crippen LogP contribution >= 0.6 is 15.6 Å². The third kappa shape index (κ3) is 74.9. The van der Waals surface area contributed by atoms with E-state index in [1.54, 1.807) is 0 Å². The van der Waals surface area contributed by atoms with E-state index in [9.17, 15) is 43.2 Å². The highest BCUT2D eigenvalue weighted by atomic mass is 31.2. The van der Waals surface area contributed by atoms with Crippen LogP contribution in [0.3, 0.4) is 0 Å². The van der Waals surface area contributed by atoms with E-state index < -0.39 is 97.5 Å². The minimum atomic E-state index is -4.96. The van der Waals surface area contributed by atoms with Crippen LogP contribution < -0.4 is 0 Å². The van der Waals surface area contributed by atoms with Crippen LogP contribution in [0.25, 0.3) is 0 Å². The normalized spacial score (nSPS) is 14.1. The Bertz CT molecular complexity index is 1960. The van der Waals surface area contributed by atoms with Gasteiger partial charge in [0.15, 0.2) is 12.2 Å². The largest absolute Gasteiger partial charge is 0.472 e. The molecule has 3 N–H and O–H groups in total. The summed E-state index contributed by atoms with van der Waals surface area (Å²) >= 11 is 0. The first-order valence-electron chi connectivity index (χ1n) is 43.0. The third-order valence-corrected chi connectivity index (χ3v) is 21.7. The molecule has 0 saturated carbocycles. The number of carbonyl (C=O) groups excluding carboxylic acids is 4. The van der Waals surface area contributed by atoms with Gasteiger partial charge in [0, 0.05) is 25.7 Å². The summed E-state index contributed by atoms with van der Waals surface area (Å²) in [6, 6.07) is 0. The zero-order valence-corrected chi connectivity index (χ0v) is 68.7. The fraction of sp³-hybridized carbons (Fsp3) is 0.952. The molecule has 0 aromatic rings. The van der Waals surface area contributed by atoms with E-state index >= 15 is 0 Å². The number of aliphatic hydroxyl groups excluding tert-OH is 1. The summed E-state index contributed by atoms with van der Waals surface area (Å²) in [5, 5.41) is 10.6. The van der Waals surface area contributed by atoms with Gasteiger partial charge in [0.25, 0.3) is 0 Å². The molecule has 0 aliphatic carbocycles. The number of hydrogen-bond acceptors (Lipinski definition) is 15. The lowest BCUT2D eigenvalue weighted by Gasteiger charge is -2.21. The summed E-state index contributed by atoms with van der Waals surface area (Å²) in [4.78, 5) is 73.0. The number of aliphatic hydroxyl groups is 1. The molecule has 0 aliphatic heterocycles. The Morgan fingerprint density at radius 3 is 0.745 bits per heavy atom. The summed E-state index contributed by atoms with van der Waals surface area (Å²) in [5.41, 5.74) is 0. The number of unbranched alkanes of at least 4 members (excludes halogenated alkanes) is 51. The highest BCUT2D eigenvalue weighted by molar-refractivity contribution is 7.47. The van der Waals surface area contributed by atoms with Gasteiger partial charge >= 0.3 is 39.5 Å². The first-order chi connectivity index (χ1) is 49.4. The summed E-state index contributed by atoms with van der Waals surface area (Å²) in [7, 11) is -9.92. The second-order valence-electron chi connectivity index (χ2n) is 30.6. The summed E-state index contributed by atoms with van der Waals surface area (Å²) < 4.78 is 68.7. The van der Waals surface area contributed by atoms with Crippen LogP contribution in [0, 0.1) is 11.8 Å². The molecule has 19 heteroatoms. The number of hydrogen-bond donors (Lipinski definition) is 3. The molecule has 0 aromatic heterocycles. The molecule has 0 saturated heterocycles. The predicted molar refractivity (Wildman–Crippen MR) is 418 cm³/mol. The monoisotopic (exact) mass is 1490 g/mol. The zero-order chi connectivity index (χ0) is 74.9. The molecule has 0 bridgehead atoms. The Labute approximate surface area is 626 Å². The van der Waals surface area contributed by atoms with Crippen LogP contribution in [0.5, 0.6) is 0 Å². The number of phosphoric acid groups is 2. The average molecular weight is 1490 g/mol. The lowest BCUT2D eigenvalue weighted by molar-refractivity contribution is -0.161. The van der Waals surface area contributed by atoms with Crippen LogP contribution in [-0.4, -0.2) is 96.7 Å². The maximum Gasteiger partial charge on any atom is 0.472 e. The van der Waals surface area contributed by atoms with Crippen molar-refractivity contribution in [3.8, 4) is 0 Å². The minimum absolute atomic E-state index is 0.105. The molecule has 0 spiro atoms. The highest BCUT2D eigenvalue weighted by Crippen LogP contribution is 2.45. The highest BCUT2D eigenvalue weighted by Gasteiger charge is 2.30. The number of carbonyl (C=O) groups is 4. The first kappa shape index (κ1) is 100. The Kier molecular flexibility index (Phi) is 73.1. The first-order valence-corrected chi connectivity index (χ1v) is 46.0. The van der Waals surface area contributed by atoms with Gasteiger partial charge in [0.2, 0.25) is 0 Å². The van der Waals surface area contributed by atoms with E-state index in [-0.39, 0.29) is 25.7 Å². The number of rotatable bonds is 82. The van der Waals surface area contributed by atoms with Crippen LogP contribution in [0.1, 0.15) is 440 Å². The molecule has 0 fully saturated rings. The third-order valence-electron chi connectivity index (χ3n) is 19.8. The minimum Gasteiger partial charge on any atom is -0.462 e. The van der Waals surface area contributed by atoms with E-state index in [1.165, 1.54) is 257 Å². The van der Waals surface area contributed by atoms with Crippen LogP contribution in [-0.2, 0) is 65.4 Å². The van der Waals surface area contributed by atoms with Crippen LogP contribution in [0.15, 0.2) is 0 Å². The van der Waals surface area contributed by atoms with Gasteiger partial charge in [-0.2, -0.15) is 0 Å². The van der Waals surface area contributed by atoms with E-state index in [2.05, 4.69) is 41.5 Å². The van der Waals surface area contributed by atoms with Gasteiger partial charge in [-0.3, -0.25) is 37.3 Å². The van der Waals surface area contributed by atoms with Crippen molar-refractivity contribution in [1.29, 1.82) is 0 Å². The molecule has 0 aromatic carbocycles. The lowest BCUT2D eigenvalue weighted by Crippen LogP contribution is -2.30. The van der Waals surface area contributed by atoms with E-state index in [0.29, 0.717) is 25.7 Å². The van der Waals surface area contributed by atoms with Gasteiger partial charge in [-0.1, -0.05) is 388 Å². The maximum atomic E-state index is 13.1. The van der Waals surface area contributed by atoms with Crippen molar-refractivity contribution in [2.75, 3.05) is 39.6 Å². The molecular weight excluding hydrogens is 1330 g/mol. The Morgan fingerprint density at radius 2 is 0.500 bits per heavy atom. The standard InChI is InChI=1S/C83H162O17P2/c1-7-10-12-14-16-18-20-21-22-23-24-25-26-27-28-29-34-38-42-49-55-61-67-82(87)99-78(71-94-81(86)66-60-54-48-41-37-33-31-30-32-36-39-46-52-58-64-76(6)9-3)73-97-101(89,90)95-69-77(84)70-96-102(91,92)98-74-79(100-83(88)68-62-56-50-44-43-45-51-57-63-75(4)5)72-93-80(85)65-59-53-47-40-35-19-17-15-13-11-8-2/h75-79,84H,7-74H2,1-6H3,(H,89,90)(H,91,92)/t76?,77-,78-,79-/m1/s1. The number of esters is 4. The van der Waals surface area contributed by atoms with Gasteiger partial charge in [-0.15, -0.1) is 0 Å².